The smallest absolute Gasteiger partial charge is 0.266 e. The van der Waals surface area contributed by atoms with Gasteiger partial charge in [0.2, 0.25) is 0 Å². The molecular formula is C21H22N2O4. The first-order valence-electron chi connectivity index (χ1n) is 8.58. The van der Waals surface area contributed by atoms with Gasteiger partial charge in [0.15, 0.2) is 11.5 Å². The Balaban J connectivity index is 2.25. The second-order valence-electron chi connectivity index (χ2n) is 5.98. The number of nitrogens with one attached hydrogen (secondary N) is 1. The molecule has 0 bridgehead atoms. The number of anilines is 1. The van der Waals surface area contributed by atoms with Gasteiger partial charge in [0.1, 0.15) is 17.4 Å². The molecule has 2 aromatic carbocycles. The van der Waals surface area contributed by atoms with Gasteiger partial charge in [-0.15, -0.1) is 0 Å². The standard InChI is InChI=1S/C21H22N2O4/c1-4-26-20-12-15(5-10-19(20)27-14(2)3)11-16(13-22)21(25)23-17-6-8-18(24)9-7-17/h5-12,14,24H,4H2,1-3H3,(H,23,25)/b16-11+. The predicted molar refractivity (Wildman–Crippen MR) is 104 cm³/mol. The topological polar surface area (TPSA) is 91.6 Å². The molecule has 0 aliphatic heterocycles. The monoisotopic (exact) mass is 366 g/mol. The third-order valence-electron chi connectivity index (χ3n) is 3.43. The average molecular weight is 366 g/mol. The van der Waals surface area contributed by atoms with E-state index in [9.17, 15) is 15.2 Å². The molecule has 6 nitrogen and oxygen atoms in total. The molecule has 0 unspecified atom stereocenters. The minimum Gasteiger partial charge on any atom is -0.508 e. The summed E-state index contributed by atoms with van der Waals surface area (Å²) < 4.78 is 11.3. The van der Waals surface area contributed by atoms with E-state index in [0.717, 1.165) is 0 Å². The predicted octanol–water partition coefficient (Wildman–Crippen LogP) is 4.12. The first kappa shape index (κ1) is 19.9. The van der Waals surface area contributed by atoms with Crippen molar-refractivity contribution < 1.29 is 19.4 Å². The molecule has 0 heterocycles. The fourth-order valence-corrected chi connectivity index (χ4v) is 2.29. The van der Waals surface area contributed by atoms with Crippen molar-refractivity contribution in [3.63, 3.8) is 0 Å². The first-order chi connectivity index (χ1) is 12.9. The van der Waals surface area contributed by atoms with Gasteiger partial charge in [0.25, 0.3) is 5.91 Å². The van der Waals surface area contributed by atoms with Crippen molar-refractivity contribution in [3.05, 3.63) is 53.6 Å². The number of aromatic hydroxyl groups is 1. The summed E-state index contributed by atoms with van der Waals surface area (Å²) in [4.78, 5) is 12.3. The molecule has 0 aliphatic carbocycles. The SMILES string of the molecule is CCOc1cc(/C=C(\C#N)C(=O)Nc2ccc(O)cc2)ccc1OC(C)C. The molecule has 0 aromatic heterocycles. The number of ether oxygens (including phenoxy) is 2. The lowest BCUT2D eigenvalue weighted by Gasteiger charge is -2.15. The quantitative estimate of drug-likeness (QED) is 0.437. The lowest BCUT2D eigenvalue weighted by atomic mass is 10.1. The number of carbonyl (C=O) groups excluding carboxylic acids is 1. The van der Waals surface area contributed by atoms with Gasteiger partial charge in [-0.25, -0.2) is 0 Å². The van der Waals surface area contributed by atoms with E-state index >= 15 is 0 Å². The zero-order valence-corrected chi connectivity index (χ0v) is 15.5. The highest BCUT2D eigenvalue weighted by atomic mass is 16.5. The lowest BCUT2D eigenvalue weighted by Crippen LogP contribution is -2.13. The molecule has 1 amide bonds. The van der Waals surface area contributed by atoms with Crippen LogP contribution in [0.3, 0.4) is 0 Å². The number of nitriles is 1. The van der Waals surface area contributed by atoms with Crippen LogP contribution in [0.4, 0.5) is 5.69 Å². The van der Waals surface area contributed by atoms with Crippen LogP contribution in [0, 0.1) is 11.3 Å². The zero-order valence-electron chi connectivity index (χ0n) is 15.5. The summed E-state index contributed by atoms with van der Waals surface area (Å²) >= 11 is 0. The van der Waals surface area contributed by atoms with Gasteiger partial charge in [0, 0.05) is 5.69 Å². The highest BCUT2D eigenvalue weighted by Crippen LogP contribution is 2.30. The maximum atomic E-state index is 12.3. The van der Waals surface area contributed by atoms with E-state index in [1.807, 2.05) is 26.8 Å². The molecule has 2 aromatic rings. The summed E-state index contributed by atoms with van der Waals surface area (Å²) in [7, 11) is 0. The molecule has 2 rings (SSSR count). The van der Waals surface area contributed by atoms with E-state index in [2.05, 4.69) is 5.32 Å². The number of benzene rings is 2. The molecule has 0 fully saturated rings. The van der Waals surface area contributed by atoms with Gasteiger partial charge in [-0.1, -0.05) is 6.07 Å². The van der Waals surface area contributed by atoms with Crippen molar-refractivity contribution in [2.24, 2.45) is 0 Å². The average Bonchev–Trinajstić information content (AvgIpc) is 2.63. The van der Waals surface area contributed by atoms with Crippen LogP contribution in [0.15, 0.2) is 48.0 Å². The second-order valence-corrected chi connectivity index (χ2v) is 5.98. The highest BCUT2D eigenvalue weighted by Gasteiger charge is 2.12. The maximum absolute atomic E-state index is 12.3. The number of rotatable bonds is 7. The molecule has 140 valence electrons. The van der Waals surface area contributed by atoms with Crippen LogP contribution >= 0.6 is 0 Å². The Bertz CT molecular complexity index is 865. The number of hydrogen-bond acceptors (Lipinski definition) is 5. The number of amides is 1. The second kappa shape index (κ2) is 9.30. The molecule has 0 aliphatic rings. The van der Waals surface area contributed by atoms with Gasteiger partial charge in [-0.2, -0.15) is 5.26 Å². The molecule has 0 saturated carbocycles. The number of hydrogen-bond donors (Lipinski definition) is 2. The van der Waals surface area contributed by atoms with E-state index in [0.29, 0.717) is 29.4 Å². The van der Waals surface area contributed by atoms with Crippen molar-refractivity contribution in [2.75, 3.05) is 11.9 Å². The van der Waals surface area contributed by atoms with Gasteiger partial charge in [-0.05, 0) is 68.8 Å². The number of carbonyl (C=O) groups is 1. The van der Waals surface area contributed by atoms with Crippen LogP contribution in [0.5, 0.6) is 17.2 Å². The summed E-state index contributed by atoms with van der Waals surface area (Å²) in [6, 6.07) is 13.1. The lowest BCUT2D eigenvalue weighted by molar-refractivity contribution is -0.112. The van der Waals surface area contributed by atoms with Crippen LogP contribution < -0.4 is 14.8 Å². The van der Waals surface area contributed by atoms with Gasteiger partial charge < -0.3 is 19.9 Å². The van der Waals surface area contributed by atoms with Crippen molar-refractivity contribution >= 4 is 17.7 Å². The molecule has 0 saturated heterocycles. The Morgan fingerprint density at radius 1 is 1.22 bits per heavy atom. The van der Waals surface area contributed by atoms with Crippen LogP contribution in [-0.4, -0.2) is 23.7 Å². The van der Waals surface area contributed by atoms with E-state index < -0.39 is 5.91 Å². The maximum Gasteiger partial charge on any atom is 0.266 e. The minimum absolute atomic E-state index is 0.00338. The zero-order chi connectivity index (χ0) is 19.8. The Morgan fingerprint density at radius 2 is 1.93 bits per heavy atom. The van der Waals surface area contributed by atoms with Crippen molar-refractivity contribution in [3.8, 4) is 23.3 Å². The molecule has 2 N–H and O–H groups in total. The highest BCUT2D eigenvalue weighted by molar-refractivity contribution is 6.09. The van der Waals surface area contributed by atoms with Crippen LogP contribution in [0.2, 0.25) is 0 Å². The molecule has 0 atom stereocenters. The number of nitrogens with zero attached hydrogens (tertiary/aromatic N) is 1. The van der Waals surface area contributed by atoms with Crippen LogP contribution in [-0.2, 0) is 4.79 Å². The third kappa shape index (κ3) is 5.79. The molecule has 0 spiro atoms. The Morgan fingerprint density at radius 3 is 2.52 bits per heavy atom. The summed E-state index contributed by atoms with van der Waals surface area (Å²) in [5, 5.41) is 21.3. The van der Waals surface area contributed by atoms with E-state index in [4.69, 9.17) is 9.47 Å². The first-order valence-corrected chi connectivity index (χ1v) is 8.58. The molecule has 27 heavy (non-hydrogen) atoms. The molecule has 6 heteroatoms. The fraction of sp³-hybridized carbons (Fsp3) is 0.238. The van der Waals surface area contributed by atoms with E-state index in [1.54, 1.807) is 30.3 Å². The number of phenolic OH excluding ortho intramolecular Hbond substituents is 1. The van der Waals surface area contributed by atoms with Crippen LogP contribution in [0.25, 0.3) is 6.08 Å². The summed E-state index contributed by atoms with van der Waals surface area (Å²) in [5.74, 6) is 0.715. The third-order valence-corrected chi connectivity index (χ3v) is 3.43. The largest absolute Gasteiger partial charge is 0.508 e. The van der Waals surface area contributed by atoms with Gasteiger partial charge >= 0.3 is 0 Å². The normalized spacial score (nSPS) is 11.0. The van der Waals surface area contributed by atoms with Gasteiger partial charge in [-0.3, -0.25) is 4.79 Å². The van der Waals surface area contributed by atoms with Crippen molar-refractivity contribution in [1.29, 1.82) is 5.26 Å². The van der Waals surface area contributed by atoms with Crippen LogP contribution in [0.1, 0.15) is 26.3 Å². The van der Waals surface area contributed by atoms with Crippen molar-refractivity contribution in [2.45, 2.75) is 26.9 Å². The molecule has 0 radical (unpaired) electrons. The summed E-state index contributed by atoms with van der Waals surface area (Å²) in [5.41, 5.74) is 1.07. The number of phenols is 1. The van der Waals surface area contributed by atoms with Crippen molar-refractivity contribution in [1.82, 2.24) is 0 Å². The summed E-state index contributed by atoms with van der Waals surface area (Å²) in [6.07, 6.45) is 1.48. The van der Waals surface area contributed by atoms with Gasteiger partial charge in [0.05, 0.1) is 12.7 Å². The minimum atomic E-state index is -0.538. The summed E-state index contributed by atoms with van der Waals surface area (Å²) in [6.45, 7) is 6.18. The Kier molecular flexibility index (Phi) is 6.84. The Hall–Kier alpha value is -3.46. The molecular weight excluding hydrogens is 344 g/mol. The fourth-order valence-electron chi connectivity index (χ4n) is 2.29. The van der Waals surface area contributed by atoms with E-state index in [1.165, 1.54) is 18.2 Å². The Labute approximate surface area is 158 Å². The van der Waals surface area contributed by atoms with E-state index in [-0.39, 0.29) is 17.4 Å².